The van der Waals surface area contributed by atoms with Gasteiger partial charge in [-0.15, -0.1) is 0 Å². The van der Waals surface area contributed by atoms with Crippen LogP contribution in [-0.4, -0.2) is 77.0 Å². The van der Waals surface area contributed by atoms with E-state index >= 15 is 0 Å². The zero-order valence-corrected chi connectivity index (χ0v) is 19.1. The third-order valence-corrected chi connectivity index (χ3v) is 7.38. The average molecular weight is 445 g/mol. The first kappa shape index (κ1) is 23.2. The van der Waals surface area contributed by atoms with Crippen LogP contribution in [0.4, 0.5) is 5.69 Å². The van der Waals surface area contributed by atoms with Gasteiger partial charge in [-0.2, -0.15) is 0 Å². The van der Waals surface area contributed by atoms with Gasteiger partial charge in [0.15, 0.2) is 0 Å². The van der Waals surface area contributed by atoms with Crippen molar-refractivity contribution in [2.45, 2.75) is 18.2 Å². The van der Waals surface area contributed by atoms with Crippen LogP contribution in [0.5, 0.6) is 0 Å². The van der Waals surface area contributed by atoms with Gasteiger partial charge in [0.25, 0.3) is 10.0 Å². The summed E-state index contributed by atoms with van der Waals surface area (Å²) in [6, 6.07) is 15.7. The molecule has 1 aliphatic rings. The fourth-order valence-corrected chi connectivity index (χ4v) is 5.00. The Bertz CT molecular complexity index is 941. The van der Waals surface area contributed by atoms with Crippen LogP contribution in [0.15, 0.2) is 59.5 Å². The number of nitrogens with one attached hydrogen (secondary N) is 1. The van der Waals surface area contributed by atoms with Crippen molar-refractivity contribution in [3.05, 3.63) is 60.2 Å². The maximum absolute atomic E-state index is 13.3. The van der Waals surface area contributed by atoms with Gasteiger partial charge in [0, 0.05) is 52.2 Å². The van der Waals surface area contributed by atoms with Crippen LogP contribution >= 0.6 is 0 Å². The highest BCUT2D eigenvalue weighted by Crippen LogP contribution is 2.24. The molecule has 2 aromatic rings. The van der Waals surface area contributed by atoms with Gasteiger partial charge in [0.1, 0.15) is 0 Å². The van der Waals surface area contributed by atoms with Gasteiger partial charge in [-0.3, -0.25) is 14.0 Å². The number of nitrogens with zero attached hydrogens (tertiary/aromatic N) is 3. The lowest BCUT2D eigenvalue weighted by molar-refractivity contribution is -0.120. The minimum absolute atomic E-state index is 0.0839. The van der Waals surface area contributed by atoms with Gasteiger partial charge in [-0.05, 0) is 38.2 Å². The van der Waals surface area contributed by atoms with Crippen molar-refractivity contribution in [1.82, 2.24) is 15.1 Å². The van der Waals surface area contributed by atoms with Gasteiger partial charge in [-0.1, -0.05) is 35.9 Å². The number of carbonyl (C=O) groups is 1. The fraction of sp³-hybridized carbons (Fsp3) is 0.435. The van der Waals surface area contributed by atoms with Crippen LogP contribution in [0.3, 0.4) is 0 Å². The van der Waals surface area contributed by atoms with Crippen molar-refractivity contribution in [3.63, 3.8) is 0 Å². The van der Waals surface area contributed by atoms with Crippen molar-refractivity contribution >= 4 is 21.6 Å². The number of aryl methyl sites for hydroxylation is 1. The monoisotopic (exact) mass is 444 g/mol. The summed E-state index contributed by atoms with van der Waals surface area (Å²) in [6.07, 6.45) is 0.0999. The van der Waals surface area contributed by atoms with Crippen molar-refractivity contribution in [1.29, 1.82) is 0 Å². The molecule has 2 aromatic carbocycles. The molecule has 1 amide bonds. The van der Waals surface area contributed by atoms with Crippen LogP contribution in [0.2, 0.25) is 0 Å². The molecule has 1 heterocycles. The van der Waals surface area contributed by atoms with E-state index in [1.165, 1.54) is 4.31 Å². The molecule has 0 saturated carbocycles. The Morgan fingerprint density at radius 1 is 1.00 bits per heavy atom. The number of benzene rings is 2. The number of hydrogen-bond acceptors (Lipinski definition) is 5. The summed E-state index contributed by atoms with van der Waals surface area (Å²) in [7, 11) is -1.66. The third-order valence-electron chi connectivity index (χ3n) is 5.54. The van der Waals surface area contributed by atoms with E-state index in [-0.39, 0.29) is 23.8 Å². The molecule has 0 aliphatic carbocycles. The quantitative estimate of drug-likeness (QED) is 0.640. The maximum Gasteiger partial charge on any atom is 0.264 e. The van der Waals surface area contributed by atoms with E-state index in [1.807, 2.05) is 13.0 Å². The summed E-state index contributed by atoms with van der Waals surface area (Å²) >= 11 is 0. The third kappa shape index (κ3) is 6.53. The van der Waals surface area contributed by atoms with E-state index in [0.29, 0.717) is 12.2 Å². The highest BCUT2D eigenvalue weighted by molar-refractivity contribution is 7.92. The summed E-state index contributed by atoms with van der Waals surface area (Å²) in [5, 5.41) is 2.93. The Hall–Kier alpha value is -2.42. The predicted molar refractivity (Wildman–Crippen MR) is 124 cm³/mol. The molecule has 0 unspecified atom stereocenters. The smallest absolute Gasteiger partial charge is 0.264 e. The lowest BCUT2D eigenvalue weighted by Gasteiger charge is -2.32. The van der Waals surface area contributed by atoms with Gasteiger partial charge < -0.3 is 10.2 Å². The molecule has 168 valence electrons. The molecule has 0 bridgehead atoms. The molecule has 7 nitrogen and oxygen atoms in total. The standard InChI is InChI=1S/C23H32N4O3S/c1-20-8-10-22(11-9-20)31(29,30)27(21-6-4-3-5-7-21)14-12-23(28)24-13-15-26-18-16-25(2)17-19-26/h3-11H,12-19H2,1-2H3,(H,24,28). The van der Waals surface area contributed by atoms with Crippen LogP contribution in [0.1, 0.15) is 12.0 Å². The van der Waals surface area contributed by atoms with E-state index in [4.69, 9.17) is 0 Å². The number of likely N-dealkylation sites (N-methyl/N-ethyl adjacent to an activating group) is 1. The summed E-state index contributed by atoms with van der Waals surface area (Å²) in [6.45, 7) is 7.46. The molecular formula is C23H32N4O3S. The molecule has 8 heteroatoms. The minimum atomic E-state index is -3.77. The number of anilines is 1. The highest BCUT2D eigenvalue weighted by Gasteiger charge is 2.25. The normalized spacial score (nSPS) is 15.5. The molecule has 0 radical (unpaired) electrons. The lowest BCUT2D eigenvalue weighted by atomic mass is 10.2. The lowest BCUT2D eigenvalue weighted by Crippen LogP contribution is -2.47. The first-order valence-corrected chi connectivity index (χ1v) is 12.1. The molecule has 0 atom stereocenters. The van der Waals surface area contributed by atoms with Gasteiger partial charge >= 0.3 is 0 Å². The Morgan fingerprint density at radius 2 is 1.65 bits per heavy atom. The van der Waals surface area contributed by atoms with E-state index in [9.17, 15) is 13.2 Å². The highest BCUT2D eigenvalue weighted by atomic mass is 32.2. The molecule has 3 rings (SSSR count). The molecule has 1 saturated heterocycles. The topological polar surface area (TPSA) is 73.0 Å². The van der Waals surface area contributed by atoms with Crippen molar-refractivity contribution in [2.75, 3.05) is 57.2 Å². The number of para-hydroxylation sites is 1. The van der Waals surface area contributed by atoms with Crippen molar-refractivity contribution in [3.8, 4) is 0 Å². The molecule has 1 aliphatic heterocycles. The van der Waals surface area contributed by atoms with Gasteiger partial charge in [-0.25, -0.2) is 8.42 Å². The molecular weight excluding hydrogens is 412 g/mol. The Labute approximate surface area is 185 Å². The van der Waals surface area contributed by atoms with Crippen LogP contribution in [0.25, 0.3) is 0 Å². The second-order valence-corrected chi connectivity index (χ2v) is 9.83. The largest absolute Gasteiger partial charge is 0.355 e. The number of carbonyl (C=O) groups excluding carboxylic acids is 1. The van der Waals surface area contributed by atoms with E-state index in [1.54, 1.807) is 48.5 Å². The molecule has 0 aromatic heterocycles. The summed E-state index contributed by atoms with van der Waals surface area (Å²) in [4.78, 5) is 17.3. The van der Waals surface area contributed by atoms with Crippen LogP contribution in [0, 0.1) is 6.92 Å². The molecule has 31 heavy (non-hydrogen) atoms. The Balaban J connectivity index is 1.60. The first-order valence-electron chi connectivity index (χ1n) is 10.7. The second kappa shape index (κ2) is 10.7. The number of amides is 1. The number of piperazine rings is 1. The van der Waals surface area contributed by atoms with E-state index in [2.05, 4.69) is 22.2 Å². The molecule has 1 fully saturated rings. The number of rotatable bonds is 9. The van der Waals surface area contributed by atoms with Gasteiger partial charge in [0.05, 0.1) is 10.6 Å². The molecule has 0 spiro atoms. The SMILES string of the molecule is Cc1ccc(S(=O)(=O)N(CCC(=O)NCCN2CCN(C)CC2)c2ccccc2)cc1. The molecule has 1 N–H and O–H groups in total. The van der Waals surface area contributed by atoms with Crippen LogP contribution < -0.4 is 9.62 Å². The zero-order chi connectivity index (χ0) is 22.3. The van der Waals surface area contributed by atoms with E-state index in [0.717, 1.165) is 38.3 Å². The predicted octanol–water partition coefficient (Wildman–Crippen LogP) is 1.94. The Morgan fingerprint density at radius 3 is 2.29 bits per heavy atom. The van der Waals surface area contributed by atoms with Crippen molar-refractivity contribution < 1.29 is 13.2 Å². The van der Waals surface area contributed by atoms with Crippen molar-refractivity contribution in [2.24, 2.45) is 0 Å². The summed E-state index contributed by atoms with van der Waals surface area (Å²) < 4.78 is 27.9. The average Bonchev–Trinajstić information content (AvgIpc) is 2.76. The number of hydrogen-bond donors (Lipinski definition) is 1. The summed E-state index contributed by atoms with van der Waals surface area (Å²) in [5.74, 6) is -0.144. The van der Waals surface area contributed by atoms with E-state index < -0.39 is 10.0 Å². The minimum Gasteiger partial charge on any atom is -0.355 e. The van der Waals surface area contributed by atoms with Crippen LogP contribution in [-0.2, 0) is 14.8 Å². The summed E-state index contributed by atoms with van der Waals surface area (Å²) in [5.41, 5.74) is 1.54. The Kier molecular flexibility index (Phi) is 8.06. The zero-order valence-electron chi connectivity index (χ0n) is 18.3. The number of sulfonamides is 1. The maximum atomic E-state index is 13.3. The second-order valence-electron chi connectivity index (χ2n) is 7.97. The first-order chi connectivity index (χ1) is 14.9. The fourth-order valence-electron chi connectivity index (χ4n) is 3.54. The van der Waals surface area contributed by atoms with Gasteiger partial charge in [0.2, 0.25) is 5.91 Å².